The number of pyridine rings is 1. The number of anilines is 1. The van der Waals surface area contributed by atoms with Crippen molar-refractivity contribution in [3.8, 4) is 11.3 Å². The molecule has 2 aromatic heterocycles. The van der Waals surface area contributed by atoms with Gasteiger partial charge in [-0.05, 0) is 31.2 Å². The van der Waals surface area contributed by atoms with Gasteiger partial charge in [-0.15, -0.1) is 0 Å². The first-order valence-electron chi connectivity index (χ1n) is 8.60. The Kier molecular flexibility index (Phi) is 4.54. The molecule has 0 radical (unpaired) electrons. The van der Waals surface area contributed by atoms with Crippen molar-refractivity contribution in [2.45, 2.75) is 13.0 Å². The molecule has 0 amide bonds. The standard InChI is InChI=1S/C21H18ClFN4/c1-13(26-21-15-5-3-4-6-19(15)25-10-17(21)22)16-9-14(7-8-18(16)23)20-11-24-12-27(20)2/h3-13H,1-2H3,(H,25,26)/t13-/m1/s1. The predicted molar refractivity (Wildman–Crippen MR) is 107 cm³/mol. The van der Waals surface area contributed by atoms with Crippen molar-refractivity contribution >= 4 is 28.2 Å². The first kappa shape index (κ1) is 17.5. The minimum Gasteiger partial charge on any atom is -0.377 e. The van der Waals surface area contributed by atoms with Crippen molar-refractivity contribution in [1.82, 2.24) is 14.5 Å². The molecule has 4 nitrogen and oxygen atoms in total. The summed E-state index contributed by atoms with van der Waals surface area (Å²) < 4.78 is 16.5. The molecule has 0 fully saturated rings. The first-order chi connectivity index (χ1) is 13.0. The number of hydrogen-bond donors (Lipinski definition) is 1. The van der Waals surface area contributed by atoms with E-state index in [2.05, 4.69) is 15.3 Å². The highest BCUT2D eigenvalue weighted by atomic mass is 35.5. The Balaban J connectivity index is 1.73. The molecule has 0 spiro atoms. The molecule has 4 rings (SSSR count). The van der Waals surface area contributed by atoms with Gasteiger partial charge in [0.2, 0.25) is 0 Å². The van der Waals surface area contributed by atoms with Crippen LogP contribution in [0.4, 0.5) is 10.1 Å². The van der Waals surface area contributed by atoms with Gasteiger partial charge in [-0.3, -0.25) is 4.98 Å². The number of nitrogens with one attached hydrogen (secondary N) is 1. The second-order valence-corrected chi connectivity index (χ2v) is 6.90. The van der Waals surface area contributed by atoms with Crippen LogP contribution in [0.1, 0.15) is 18.5 Å². The first-order valence-corrected chi connectivity index (χ1v) is 8.98. The molecule has 0 unspecified atom stereocenters. The number of halogens is 2. The highest BCUT2D eigenvalue weighted by molar-refractivity contribution is 6.34. The summed E-state index contributed by atoms with van der Waals surface area (Å²) in [5, 5.41) is 4.77. The quantitative estimate of drug-likeness (QED) is 0.501. The fourth-order valence-electron chi connectivity index (χ4n) is 3.23. The minimum absolute atomic E-state index is 0.268. The van der Waals surface area contributed by atoms with Crippen LogP contribution in [-0.2, 0) is 7.05 Å². The highest BCUT2D eigenvalue weighted by Gasteiger charge is 2.16. The lowest BCUT2D eigenvalue weighted by atomic mass is 10.0. The maximum atomic E-state index is 14.6. The SMILES string of the molecule is C[C@@H](Nc1c(Cl)cnc2ccccc12)c1cc(-c2cncn2C)ccc1F. The van der Waals surface area contributed by atoms with Gasteiger partial charge >= 0.3 is 0 Å². The van der Waals surface area contributed by atoms with Crippen LogP contribution in [-0.4, -0.2) is 14.5 Å². The monoisotopic (exact) mass is 380 g/mol. The van der Waals surface area contributed by atoms with Gasteiger partial charge in [0.05, 0.1) is 40.5 Å². The van der Waals surface area contributed by atoms with Crippen molar-refractivity contribution in [1.29, 1.82) is 0 Å². The van der Waals surface area contributed by atoms with Crippen LogP contribution in [0.3, 0.4) is 0 Å². The number of imidazole rings is 1. The van der Waals surface area contributed by atoms with E-state index in [-0.39, 0.29) is 11.9 Å². The predicted octanol–water partition coefficient (Wildman–Crippen LogP) is 5.60. The molecule has 2 aromatic carbocycles. The van der Waals surface area contributed by atoms with Crippen molar-refractivity contribution in [2.24, 2.45) is 7.05 Å². The average molecular weight is 381 g/mol. The Labute approximate surface area is 161 Å². The van der Waals surface area contributed by atoms with Crippen LogP contribution in [0.2, 0.25) is 5.02 Å². The number of nitrogens with zero attached hydrogens (tertiary/aromatic N) is 3. The van der Waals surface area contributed by atoms with Crippen LogP contribution < -0.4 is 5.32 Å². The zero-order valence-electron chi connectivity index (χ0n) is 14.9. The van der Waals surface area contributed by atoms with E-state index >= 15 is 0 Å². The summed E-state index contributed by atoms with van der Waals surface area (Å²) in [7, 11) is 1.91. The van der Waals surface area contributed by atoms with E-state index in [0.29, 0.717) is 10.6 Å². The molecule has 4 aromatic rings. The summed E-state index contributed by atoms with van der Waals surface area (Å²) in [6.45, 7) is 1.91. The Hall–Kier alpha value is -2.92. The number of para-hydroxylation sites is 1. The maximum Gasteiger partial charge on any atom is 0.128 e. The van der Waals surface area contributed by atoms with Gasteiger partial charge in [0.15, 0.2) is 0 Å². The number of rotatable bonds is 4. The summed E-state index contributed by atoms with van der Waals surface area (Å²) in [5.41, 5.74) is 3.98. The smallest absolute Gasteiger partial charge is 0.128 e. The maximum absolute atomic E-state index is 14.6. The van der Waals surface area contributed by atoms with Crippen molar-refractivity contribution in [3.05, 3.63) is 77.6 Å². The Morgan fingerprint density at radius 1 is 1.15 bits per heavy atom. The topological polar surface area (TPSA) is 42.7 Å². The Bertz CT molecular complexity index is 1120. The molecule has 0 saturated carbocycles. The van der Waals surface area contributed by atoms with E-state index in [1.165, 1.54) is 6.07 Å². The minimum atomic E-state index is -0.290. The van der Waals surface area contributed by atoms with Crippen LogP contribution >= 0.6 is 11.6 Å². The van der Waals surface area contributed by atoms with Gasteiger partial charge in [-0.2, -0.15) is 0 Å². The molecular weight excluding hydrogens is 363 g/mol. The largest absolute Gasteiger partial charge is 0.377 e. The summed E-state index contributed by atoms with van der Waals surface area (Å²) >= 11 is 6.38. The molecule has 0 aliphatic heterocycles. The third-order valence-electron chi connectivity index (χ3n) is 4.66. The van der Waals surface area contributed by atoms with E-state index in [9.17, 15) is 4.39 Å². The number of fused-ring (bicyclic) bond motifs is 1. The van der Waals surface area contributed by atoms with Crippen LogP contribution in [0.15, 0.2) is 61.2 Å². The fourth-order valence-corrected chi connectivity index (χ4v) is 3.43. The average Bonchev–Trinajstić information content (AvgIpc) is 3.10. The lowest BCUT2D eigenvalue weighted by Crippen LogP contribution is -2.10. The lowest BCUT2D eigenvalue weighted by molar-refractivity contribution is 0.600. The molecule has 1 N–H and O–H groups in total. The number of benzene rings is 2. The van der Waals surface area contributed by atoms with Gasteiger partial charge in [-0.25, -0.2) is 9.37 Å². The molecule has 0 bridgehead atoms. The second-order valence-electron chi connectivity index (χ2n) is 6.49. The summed E-state index contributed by atoms with van der Waals surface area (Å²) in [6, 6.07) is 12.5. The molecule has 6 heteroatoms. The van der Waals surface area contributed by atoms with E-state index in [1.54, 1.807) is 24.8 Å². The van der Waals surface area contributed by atoms with E-state index in [0.717, 1.165) is 27.8 Å². The Morgan fingerprint density at radius 3 is 2.74 bits per heavy atom. The zero-order chi connectivity index (χ0) is 19.0. The van der Waals surface area contributed by atoms with Crippen LogP contribution in [0.5, 0.6) is 0 Å². The van der Waals surface area contributed by atoms with Crippen molar-refractivity contribution in [3.63, 3.8) is 0 Å². The third kappa shape index (κ3) is 3.26. The van der Waals surface area contributed by atoms with Gasteiger partial charge in [0, 0.05) is 29.8 Å². The summed E-state index contributed by atoms with van der Waals surface area (Å²) in [6.07, 6.45) is 5.10. The van der Waals surface area contributed by atoms with Crippen molar-refractivity contribution in [2.75, 3.05) is 5.32 Å². The molecule has 0 saturated heterocycles. The lowest BCUT2D eigenvalue weighted by Gasteiger charge is -2.19. The second kappa shape index (κ2) is 7.00. The van der Waals surface area contributed by atoms with Crippen LogP contribution in [0, 0.1) is 5.82 Å². The molecule has 1 atom stereocenters. The normalized spacial score (nSPS) is 12.3. The number of hydrogen-bond acceptors (Lipinski definition) is 3. The summed E-state index contributed by atoms with van der Waals surface area (Å²) in [4.78, 5) is 8.48. The number of aromatic nitrogens is 3. The molecule has 2 heterocycles. The van der Waals surface area contributed by atoms with Gasteiger partial charge in [-0.1, -0.05) is 29.8 Å². The third-order valence-corrected chi connectivity index (χ3v) is 4.95. The summed E-state index contributed by atoms with van der Waals surface area (Å²) in [5.74, 6) is -0.268. The van der Waals surface area contributed by atoms with Crippen LogP contribution in [0.25, 0.3) is 22.2 Å². The molecular formula is C21H18ClFN4. The number of aryl methyl sites for hydroxylation is 1. The van der Waals surface area contributed by atoms with Gasteiger partial charge in [0.1, 0.15) is 5.82 Å². The van der Waals surface area contributed by atoms with Gasteiger partial charge < -0.3 is 9.88 Å². The Morgan fingerprint density at radius 2 is 1.96 bits per heavy atom. The molecule has 136 valence electrons. The molecule has 0 aliphatic carbocycles. The van der Waals surface area contributed by atoms with E-state index in [4.69, 9.17) is 11.6 Å². The van der Waals surface area contributed by atoms with Gasteiger partial charge in [0.25, 0.3) is 0 Å². The fraction of sp³-hybridized carbons (Fsp3) is 0.143. The van der Waals surface area contributed by atoms with E-state index in [1.807, 2.05) is 48.9 Å². The van der Waals surface area contributed by atoms with Crippen molar-refractivity contribution < 1.29 is 4.39 Å². The van der Waals surface area contributed by atoms with E-state index < -0.39 is 0 Å². The zero-order valence-corrected chi connectivity index (χ0v) is 15.7. The molecule has 0 aliphatic rings. The highest BCUT2D eigenvalue weighted by Crippen LogP contribution is 2.34. The molecule has 27 heavy (non-hydrogen) atoms.